The van der Waals surface area contributed by atoms with Crippen LogP contribution in [0.3, 0.4) is 0 Å². The van der Waals surface area contributed by atoms with E-state index < -0.39 is 10.9 Å². The van der Waals surface area contributed by atoms with E-state index in [0.29, 0.717) is 11.3 Å². The number of hydrogen-bond acceptors (Lipinski definition) is 6. The number of carbonyl (C=O) groups is 1. The zero-order chi connectivity index (χ0) is 20.4. The van der Waals surface area contributed by atoms with Crippen molar-refractivity contribution < 1.29 is 14.5 Å². The van der Waals surface area contributed by atoms with Crippen molar-refractivity contribution in [3.8, 4) is 11.1 Å². The molecule has 0 aliphatic carbocycles. The number of rotatable bonds is 5. The molecule has 0 radical (unpaired) electrons. The smallest absolute Gasteiger partial charge is 0.337 e. The van der Waals surface area contributed by atoms with E-state index in [2.05, 4.69) is 15.3 Å². The first-order chi connectivity index (χ1) is 14.1. The molecule has 29 heavy (non-hydrogen) atoms. The molecule has 2 N–H and O–H groups in total. The number of H-pyrrole nitrogens is 1. The van der Waals surface area contributed by atoms with Gasteiger partial charge in [0.2, 0.25) is 5.82 Å². The summed E-state index contributed by atoms with van der Waals surface area (Å²) < 4.78 is 4.80. The summed E-state index contributed by atoms with van der Waals surface area (Å²) in [5.74, 6) is -0.238. The molecule has 0 saturated carbocycles. The average Bonchev–Trinajstić information content (AvgIpc) is 3.17. The summed E-state index contributed by atoms with van der Waals surface area (Å²) in [7, 11) is 1.34. The predicted octanol–water partition coefficient (Wildman–Crippen LogP) is 4.67. The molecule has 2 heterocycles. The largest absolute Gasteiger partial charge is 0.465 e. The molecule has 0 bridgehead atoms. The molecule has 0 aliphatic rings. The van der Waals surface area contributed by atoms with Gasteiger partial charge >= 0.3 is 11.7 Å². The van der Waals surface area contributed by atoms with E-state index in [1.807, 2.05) is 30.5 Å². The van der Waals surface area contributed by atoms with Crippen LogP contribution >= 0.6 is 0 Å². The number of nitro groups is 1. The van der Waals surface area contributed by atoms with Gasteiger partial charge in [-0.2, -0.15) is 0 Å². The summed E-state index contributed by atoms with van der Waals surface area (Å²) in [6, 6.07) is 15.6. The van der Waals surface area contributed by atoms with Crippen molar-refractivity contribution >= 4 is 34.1 Å². The molecule has 2 aromatic carbocycles. The first-order valence-electron chi connectivity index (χ1n) is 8.73. The van der Waals surface area contributed by atoms with Gasteiger partial charge in [0.05, 0.1) is 17.6 Å². The number of methoxy groups -OCH3 is 1. The molecule has 0 saturated heterocycles. The second-order valence-corrected chi connectivity index (χ2v) is 6.29. The van der Waals surface area contributed by atoms with E-state index in [1.54, 1.807) is 18.2 Å². The predicted molar refractivity (Wildman–Crippen MR) is 109 cm³/mol. The maximum absolute atomic E-state index is 11.9. The number of aromatic nitrogens is 2. The van der Waals surface area contributed by atoms with Gasteiger partial charge in [-0.1, -0.05) is 12.1 Å². The van der Waals surface area contributed by atoms with Gasteiger partial charge in [-0.25, -0.2) is 9.78 Å². The maximum atomic E-state index is 11.9. The minimum atomic E-state index is -0.479. The molecule has 4 rings (SSSR count). The fourth-order valence-corrected chi connectivity index (χ4v) is 3.15. The Hall–Kier alpha value is -4.20. The van der Waals surface area contributed by atoms with Crippen molar-refractivity contribution in [1.82, 2.24) is 9.97 Å². The van der Waals surface area contributed by atoms with E-state index in [1.165, 1.54) is 25.4 Å². The molecule has 0 amide bonds. The molecule has 8 nitrogen and oxygen atoms in total. The Morgan fingerprint density at radius 3 is 2.83 bits per heavy atom. The first-order valence-corrected chi connectivity index (χ1v) is 8.73. The third-order valence-corrected chi connectivity index (χ3v) is 4.52. The number of aromatic amines is 1. The van der Waals surface area contributed by atoms with Gasteiger partial charge in [-0.3, -0.25) is 10.1 Å². The van der Waals surface area contributed by atoms with Crippen LogP contribution in [0.1, 0.15) is 10.4 Å². The molecular weight excluding hydrogens is 372 g/mol. The van der Waals surface area contributed by atoms with Crippen LogP contribution in [0, 0.1) is 10.1 Å². The van der Waals surface area contributed by atoms with Crippen molar-refractivity contribution in [3.05, 3.63) is 82.7 Å². The highest BCUT2D eigenvalue weighted by molar-refractivity contribution is 6.01. The minimum absolute atomic E-state index is 0.104. The van der Waals surface area contributed by atoms with Crippen LogP contribution < -0.4 is 5.32 Å². The molecule has 0 unspecified atom stereocenters. The van der Waals surface area contributed by atoms with E-state index in [0.717, 1.165) is 22.0 Å². The number of fused-ring (bicyclic) bond motifs is 1. The molecule has 2 aromatic heterocycles. The van der Waals surface area contributed by atoms with Crippen molar-refractivity contribution in [2.24, 2.45) is 0 Å². The summed E-state index contributed by atoms with van der Waals surface area (Å²) in [6.07, 6.45) is 3.35. The fraction of sp³-hybridized carbons (Fsp3) is 0.0476. The summed E-state index contributed by atoms with van der Waals surface area (Å²) >= 11 is 0. The highest BCUT2D eigenvalue weighted by atomic mass is 16.6. The number of nitrogens with zero attached hydrogens (tertiary/aromatic N) is 2. The van der Waals surface area contributed by atoms with Crippen LogP contribution in [0.5, 0.6) is 0 Å². The molecular formula is C21H16N4O4. The van der Waals surface area contributed by atoms with Crippen LogP contribution in [0.25, 0.3) is 22.0 Å². The Kier molecular flexibility index (Phi) is 4.66. The van der Waals surface area contributed by atoms with Gasteiger partial charge < -0.3 is 15.0 Å². The number of pyridine rings is 1. The van der Waals surface area contributed by atoms with Crippen molar-refractivity contribution in [2.75, 3.05) is 12.4 Å². The molecule has 0 spiro atoms. The summed E-state index contributed by atoms with van der Waals surface area (Å²) in [6.45, 7) is 0. The number of benzene rings is 2. The number of nitrogens with one attached hydrogen (secondary N) is 2. The summed E-state index contributed by atoms with van der Waals surface area (Å²) in [4.78, 5) is 29.9. The second-order valence-electron chi connectivity index (χ2n) is 6.29. The zero-order valence-corrected chi connectivity index (χ0v) is 15.4. The van der Waals surface area contributed by atoms with Gasteiger partial charge in [0.1, 0.15) is 0 Å². The Balaban J connectivity index is 1.73. The third kappa shape index (κ3) is 3.51. The quantitative estimate of drug-likeness (QED) is 0.292. The van der Waals surface area contributed by atoms with Gasteiger partial charge in [0, 0.05) is 40.6 Å². The highest BCUT2D eigenvalue weighted by Gasteiger charge is 2.15. The number of anilines is 2. The lowest BCUT2D eigenvalue weighted by Gasteiger charge is -2.08. The van der Waals surface area contributed by atoms with Crippen LogP contribution in [0.4, 0.5) is 17.2 Å². The van der Waals surface area contributed by atoms with Crippen molar-refractivity contribution in [3.63, 3.8) is 0 Å². The third-order valence-electron chi connectivity index (χ3n) is 4.52. The molecule has 4 aromatic rings. The van der Waals surface area contributed by atoms with Crippen LogP contribution in [0.15, 0.2) is 67.0 Å². The Morgan fingerprint density at radius 1 is 1.17 bits per heavy atom. The zero-order valence-electron chi connectivity index (χ0n) is 15.4. The van der Waals surface area contributed by atoms with Gasteiger partial charge in [-0.05, 0) is 42.0 Å². The van der Waals surface area contributed by atoms with Gasteiger partial charge in [0.15, 0.2) is 0 Å². The van der Waals surface area contributed by atoms with Crippen LogP contribution in [-0.2, 0) is 4.74 Å². The maximum Gasteiger partial charge on any atom is 0.337 e. The standard InChI is InChI=1S/C21H16N4O4/c1-29-21(26)14-7-8-18-16(11-14)17(12-23-18)13-4-2-5-15(10-13)24-20-19(25(27)28)6-3-9-22-20/h2-12,23H,1H3,(H,22,24). The van der Waals surface area contributed by atoms with E-state index in [9.17, 15) is 14.9 Å². The highest BCUT2D eigenvalue weighted by Crippen LogP contribution is 2.32. The Morgan fingerprint density at radius 2 is 2.03 bits per heavy atom. The van der Waals surface area contributed by atoms with E-state index in [-0.39, 0.29) is 11.5 Å². The lowest BCUT2D eigenvalue weighted by Crippen LogP contribution is -2.00. The average molecular weight is 388 g/mol. The molecule has 0 atom stereocenters. The number of hydrogen-bond donors (Lipinski definition) is 2. The molecule has 0 aliphatic heterocycles. The first kappa shape index (κ1) is 18.2. The number of esters is 1. The summed E-state index contributed by atoms with van der Waals surface area (Å²) in [5, 5.41) is 15.1. The van der Waals surface area contributed by atoms with E-state index in [4.69, 9.17) is 4.74 Å². The van der Waals surface area contributed by atoms with Crippen LogP contribution in [0.2, 0.25) is 0 Å². The van der Waals surface area contributed by atoms with Gasteiger partial charge in [-0.15, -0.1) is 0 Å². The molecule has 0 fully saturated rings. The number of ether oxygens (including phenoxy) is 1. The van der Waals surface area contributed by atoms with Crippen molar-refractivity contribution in [2.45, 2.75) is 0 Å². The lowest BCUT2D eigenvalue weighted by atomic mass is 10.0. The molecule has 8 heteroatoms. The van der Waals surface area contributed by atoms with E-state index >= 15 is 0 Å². The fourth-order valence-electron chi connectivity index (χ4n) is 3.15. The summed E-state index contributed by atoms with van der Waals surface area (Å²) in [5.41, 5.74) is 3.66. The monoisotopic (exact) mass is 388 g/mol. The topological polar surface area (TPSA) is 110 Å². The van der Waals surface area contributed by atoms with Crippen LogP contribution in [-0.4, -0.2) is 28.0 Å². The SMILES string of the molecule is COC(=O)c1ccc2[nH]cc(-c3cccc(Nc4ncccc4[N+](=O)[O-])c3)c2c1. The second kappa shape index (κ2) is 7.43. The van der Waals surface area contributed by atoms with Gasteiger partial charge in [0.25, 0.3) is 0 Å². The lowest BCUT2D eigenvalue weighted by molar-refractivity contribution is -0.384. The molecule has 144 valence electrons. The van der Waals surface area contributed by atoms with Crippen molar-refractivity contribution in [1.29, 1.82) is 0 Å². The number of carbonyl (C=O) groups excluding carboxylic acids is 1. The Labute approximate surface area is 165 Å². The normalized spacial score (nSPS) is 10.7. The minimum Gasteiger partial charge on any atom is -0.465 e. The Bertz CT molecular complexity index is 1230.